The maximum Gasteiger partial charge on any atom is 0.262 e. The van der Waals surface area contributed by atoms with Crippen molar-refractivity contribution in [3.63, 3.8) is 0 Å². The number of likely N-dealkylation sites (tertiary alicyclic amines) is 1. The second-order valence-electron chi connectivity index (χ2n) is 8.39. The average Bonchev–Trinajstić information content (AvgIpc) is 3.45. The number of hydrogen-bond donors (Lipinski definition) is 2. The number of nitrogens with zero attached hydrogens (tertiary/aromatic N) is 1. The van der Waals surface area contributed by atoms with Crippen molar-refractivity contribution >= 4 is 29.1 Å². The fourth-order valence-electron chi connectivity index (χ4n) is 4.34. The number of carbonyl (C=O) groups excluding carboxylic acids is 3. The minimum absolute atomic E-state index is 0.0376. The molecule has 2 fully saturated rings. The maximum atomic E-state index is 12.9. The van der Waals surface area contributed by atoms with E-state index in [1.54, 1.807) is 6.07 Å². The first kappa shape index (κ1) is 21.8. The van der Waals surface area contributed by atoms with Crippen LogP contribution >= 0.6 is 11.3 Å². The van der Waals surface area contributed by atoms with Crippen molar-refractivity contribution in [2.75, 3.05) is 13.1 Å². The quantitative estimate of drug-likeness (QED) is 0.712. The summed E-state index contributed by atoms with van der Waals surface area (Å²) >= 11 is 1.37. The highest BCUT2D eigenvalue weighted by Crippen LogP contribution is 2.29. The van der Waals surface area contributed by atoms with Crippen molar-refractivity contribution in [1.82, 2.24) is 15.5 Å². The molecule has 2 N–H and O–H groups in total. The van der Waals surface area contributed by atoms with E-state index in [0.29, 0.717) is 18.0 Å². The average molecular weight is 420 g/mol. The summed E-state index contributed by atoms with van der Waals surface area (Å²) in [6, 6.07) is 3.10. The van der Waals surface area contributed by atoms with Crippen molar-refractivity contribution in [3.05, 3.63) is 22.4 Å². The van der Waals surface area contributed by atoms with E-state index in [1.165, 1.54) is 11.3 Å². The van der Waals surface area contributed by atoms with Gasteiger partial charge in [-0.2, -0.15) is 0 Å². The summed E-state index contributed by atoms with van der Waals surface area (Å²) < 4.78 is 0. The molecule has 1 aromatic rings. The van der Waals surface area contributed by atoms with Gasteiger partial charge in [0.25, 0.3) is 5.91 Å². The molecule has 1 aromatic heterocycles. The second kappa shape index (κ2) is 10.2. The Labute approximate surface area is 177 Å². The van der Waals surface area contributed by atoms with Gasteiger partial charge in [-0.25, -0.2) is 0 Å². The molecule has 0 aromatic carbocycles. The van der Waals surface area contributed by atoms with E-state index in [0.717, 1.165) is 44.9 Å². The summed E-state index contributed by atoms with van der Waals surface area (Å²) in [6.45, 7) is 5.33. The third kappa shape index (κ3) is 5.59. The molecule has 7 heteroatoms. The Morgan fingerprint density at radius 1 is 1.14 bits per heavy atom. The number of thiophene rings is 1. The summed E-state index contributed by atoms with van der Waals surface area (Å²) in [7, 11) is 0. The Balaban J connectivity index is 1.63. The SMILES string of the molecule is CC[C@@H](C)NC(=O)[C@@H](NC(=O)c1cccs1)C1CCN(C(=O)C2CCCC2)CC1. The minimum atomic E-state index is -0.567. The van der Waals surface area contributed by atoms with Gasteiger partial charge in [0.1, 0.15) is 6.04 Å². The Hall–Kier alpha value is -1.89. The summed E-state index contributed by atoms with van der Waals surface area (Å²) in [5, 5.41) is 7.86. The van der Waals surface area contributed by atoms with Crippen molar-refractivity contribution in [1.29, 1.82) is 0 Å². The van der Waals surface area contributed by atoms with Crippen LogP contribution in [-0.2, 0) is 9.59 Å². The molecule has 3 amide bonds. The van der Waals surface area contributed by atoms with E-state index < -0.39 is 6.04 Å². The summed E-state index contributed by atoms with van der Waals surface area (Å²) in [6.07, 6.45) is 6.64. The molecule has 0 radical (unpaired) electrons. The van der Waals surface area contributed by atoms with Crippen LogP contribution in [0.25, 0.3) is 0 Å². The molecule has 0 bridgehead atoms. The van der Waals surface area contributed by atoms with Crippen LogP contribution in [0.15, 0.2) is 17.5 Å². The van der Waals surface area contributed by atoms with Gasteiger partial charge >= 0.3 is 0 Å². The van der Waals surface area contributed by atoms with Crippen molar-refractivity contribution in [2.45, 2.75) is 70.9 Å². The first-order valence-corrected chi connectivity index (χ1v) is 11.8. The molecule has 1 saturated heterocycles. The minimum Gasteiger partial charge on any atom is -0.352 e. The molecular weight excluding hydrogens is 386 g/mol. The maximum absolute atomic E-state index is 12.9. The molecule has 2 aliphatic rings. The lowest BCUT2D eigenvalue weighted by atomic mass is 9.87. The van der Waals surface area contributed by atoms with Crippen LogP contribution in [0.2, 0.25) is 0 Å². The predicted molar refractivity (Wildman–Crippen MR) is 115 cm³/mol. The Kier molecular flexibility index (Phi) is 7.70. The van der Waals surface area contributed by atoms with Gasteiger partial charge in [-0.1, -0.05) is 25.8 Å². The smallest absolute Gasteiger partial charge is 0.262 e. The summed E-state index contributed by atoms with van der Waals surface area (Å²) in [5.41, 5.74) is 0. The van der Waals surface area contributed by atoms with Crippen molar-refractivity contribution in [2.24, 2.45) is 11.8 Å². The van der Waals surface area contributed by atoms with Crippen LogP contribution in [0.3, 0.4) is 0 Å². The van der Waals surface area contributed by atoms with Gasteiger partial charge in [0, 0.05) is 25.0 Å². The zero-order valence-corrected chi connectivity index (χ0v) is 18.3. The highest BCUT2D eigenvalue weighted by Gasteiger charge is 2.36. The zero-order chi connectivity index (χ0) is 20.8. The number of rotatable bonds is 7. The molecule has 0 unspecified atom stereocenters. The van der Waals surface area contributed by atoms with E-state index in [4.69, 9.17) is 0 Å². The van der Waals surface area contributed by atoms with Crippen LogP contribution in [0.4, 0.5) is 0 Å². The normalized spacial score (nSPS) is 20.3. The van der Waals surface area contributed by atoms with Gasteiger partial charge in [-0.05, 0) is 56.4 Å². The molecular formula is C22H33N3O3S. The number of piperidine rings is 1. The van der Waals surface area contributed by atoms with Crippen LogP contribution < -0.4 is 10.6 Å². The second-order valence-corrected chi connectivity index (χ2v) is 9.34. The van der Waals surface area contributed by atoms with Gasteiger partial charge in [-0.15, -0.1) is 11.3 Å². The number of nitrogens with one attached hydrogen (secondary N) is 2. The van der Waals surface area contributed by atoms with Gasteiger partial charge in [0.2, 0.25) is 11.8 Å². The molecule has 160 valence electrons. The van der Waals surface area contributed by atoms with E-state index in [9.17, 15) is 14.4 Å². The summed E-state index contributed by atoms with van der Waals surface area (Å²) in [4.78, 5) is 40.8. The van der Waals surface area contributed by atoms with E-state index in [-0.39, 0.29) is 35.6 Å². The highest BCUT2D eigenvalue weighted by molar-refractivity contribution is 7.12. The van der Waals surface area contributed by atoms with Crippen molar-refractivity contribution < 1.29 is 14.4 Å². The molecule has 2 atom stereocenters. The first-order chi connectivity index (χ1) is 14.0. The molecule has 2 heterocycles. The third-order valence-electron chi connectivity index (χ3n) is 6.34. The molecule has 3 rings (SSSR count). The van der Waals surface area contributed by atoms with Gasteiger partial charge in [0.15, 0.2) is 0 Å². The van der Waals surface area contributed by atoms with Crippen molar-refractivity contribution in [3.8, 4) is 0 Å². The largest absolute Gasteiger partial charge is 0.352 e. The number of carbonyl (C=O) groups is 3. The Morgan fingerprint density at radius 3 is 2.41 bits per heavy atom. The fourth-order valence-corrected chi connectivity index (χ4v) is 4.96. The molecule has 1 aliphatic carbocycles. The van der Waals surface area contributed by atoms with E-state index in [1.807, 2.05) is 30.2 Å². The van der Waals surface area contributed by atoms with Crippen LogP contribution in [0.5, 0.6) is 0 Å². The standard InChI is InChI=1S/C22H33N3O3S/c1-3-15(2)23-21(27)19(24-20(26)18-9-6-14-29-18)16-10-12-25(13-11-16)22(28)17-7-4-5-8-17/h6,9,14-17,19H,3-5,7-8,10-13H2,1-2H3,(H,23,27)(H,24,26)/t15-,19+/m1/s1. The Bertz CT molecular complexity index is 692. The lowest BCUT2D eigenvalue weighted by molar-refractivity contribution is -0.137. The lowest BCUT2D eigenvalue weighted by Crippen LogP contribution is -2.55. The molecule has 0 spiro atoms. The van der Waals surface area contributed by atoms with Crippen LogP contribution in [0.1, 0.15) is 68.5 Å². The monoisotopic (exact) mass is 419 g/mol. The third-order valence-corrected chi connectivity index (χ3v) is 7.21. The van der Waals surface area contributed by atoms with E-state index >= 15 is 0 Å². The van der Waals surface area contributed by atoms with Crippen LogP contribution in [-0.4, -0.2) is 47.8 Å². The molecule has 29 heavy (non-hydrogen) atoms. The highest BCUT2D eigenvalue weighted by atomic mass is 32.1. The van der Waals surface area contributed by atoms with Crippen LogP contribution in [0, 0.1) is 11.8 Å². The lowest BCUT2D eigenvalue weighted by Gasteiger charge is -2.37. The molecule has 6 nitrogen and oxygen atoms in total. The molecule has 1 saturated carbocycles. The Morgan fingerprint density at radius 2 is 1.83 bits per heavy atom. The number of hydrogen-bond acceptors (Lipinski definition) is 4. The van der Waals surface area contributed by atoms with Gasteiger partial charge < -0.3 is 15.5 Å². The zero-order valence-electron chi connectivity index (χ0n) is 17.5. The van der Waals surface area contributed by atoms with Gasteiger partial charge in [-0.3, -0.25) is 14.4 Å². The van der Waals surface area contributed by atoms with Gasteiger partial charge in [0.05, 0.1) is 4.88 Å². The fraction of sp³-hybridized carbons (Fsp3) is 0.682. The summed E-state index contributed by atoms with van der Waals surface area (Å²) in [5.74, 6) is 0.188. The first-order valence-electron chi connectivity index (χ1n) is 10.9. The molecule has 1 aliphatic heterocycles. The number of amides is 3. The topological polar surface area (TPSA) is 78.5 Å². The predicted octanol–water partition coefficient (Wildman–Crippen LogP) is 3.19. The van der Waals surface area contributed by atoms with E-state index in [2.05, 4.69) is 10.6 Å².